The first kappa shape index (κ1) is 22.9. The first-order valence-corrected chi connectivity index (χ1v) is 12.1. The minimum absolute atomic E-state index is 0.0291. The van der Waals surface area contributed by atoms with Crippen molar-refractivity contribution in [3.63, 3.8) is 0 Å². The van der Waals surface area contributed by atoms with Gasteiger partial charge in [-0.15, -0.1) is 0 Å². The molecule has 0 spiro atoms. The fourth-order valence-electron chi connectivity index (χ4n) is 4.53. The van der Waals surface area contributed by atoms with E-state index >= 15 is 0 Å². The Morgan fingerprint density at radius 3 is 2.60 bits per heavy atom. The molecule has 11 nitrogen and oxygen atoms in total. The number of imide groups is 1. The number of urea groups is 1. The SMILES string of the molecule is CNS(=O)(=O)c1cc2oc([C@]3(CN4Cc5ccc(OC)cc5C4=O)NC(=O)NC3=O)cc2cc1C. The van der Waals surface area contributed by atoms with Gasteiger partial charge in [0.2, 0.25) is 10.0 Å². The van der Waals surface area contributed by atoms with Crippen LogP contribution < -0.4 is 20.1 Å². The van der Waals surface area contributed by atoms with Crippen LogP contribution in [0.2, 0.25) is 0 Å². The van der Waals surface area contributed by atoms with Crippen molar-refractivity contribution >= 4 is 38.8 Å². The molecule has 2 aliphatic rings. The number of nitrogens with one attached hydrogen (secondary N) is 3. The highest BCUT2D eigenvalue weighted by molar-refractivity contribution is 7.89. The Balaban J connectivity index is 1.57. The number of hydrogen-bond donors (Lipinski definition) is 3. The number of ether oxygens (including phenoxy) is 1. The second-order valence-corrected chi connectivity index (χ2v) is 10.3. The standard InChI is InChI=1S/C23H22N4O7S/c1-12-6-14-7-19(34-17(14)9-18(12)35(31,32)24-2)23(21(29)25-22(30)26-23)11-27-10-13-4-5-15(33-3)8-16(13)20(27)28/h4-9,24H,10-11H2,1-3H3,(H2,25,26,29,30)/t23-/m0/s1. The van der Waals surface area contributed by atoms with Gasteiger partial charge < -0.3 is 19.4 Å². The lowest BCUT2D eigenvalue weighted by molar-refractivity contribution is -0.125. The molecule has 0 aliphatic carbocycles. The second-order valence-electron chi connectivity index (χ2n) is 8.47. The molecule has 1 atom stereocenters. The number of amides is 4. The molecule has 182 valence electrons. The molecule has 1 aromatic heterocycles. The Hall–Kier alpha value is -3.90. The van der Waals surface area contributed by atoms with Crippen LogP contribution in [0, 0.1) is 6.92 Å². The van der Waals surface area contributed by atoms with Crippen LogP contribution in [-0.4, -0.2) is 51.9 Å². The van der Waals surface area contributed by atoms with Crippen molar-refractivity contribution in [2.24, 2.45) is 0 Å². The molecule has 12 heteroatoms. The lowest BCUT2D eigenvalue weighted by atomic mass is 9.95. The van der Waals surface area contributed by atoms with Crippen molar-refractivity contribution in [1.29, 1.82) is 0 Å². The summed E-state index contributed by atoms with van der Waals surface area (Å²) in [6, 6.07) is 8.98. The number of benzene rings is 2. The summed E-state index contributed by atoms with van der Waals surface area (Å²) >= 11 is 0. The molecule has 2 aromatic carbocycles. The predicted octanol–water partition coefficient (Wildman–Crippen LogP) is 1.35. The van der Waals surface area contributed by atoms with Crippen molar-refractivity contribution < 1.29 is 32.0 Å². The van der Waals surface area contributed by atoms with Gasteiger partial charge in [-0.1, -0.05) is 6.07 Å². The number of rotatable bonds is 6. The molecule has 3 heterocycles. The summed E-state index contributed by atoms with van der Waals surface area (Å²) in [4.78, 5) is 39.9. The molecular formula is C23H22N4O7S. The van der Waals surface area contributed by atoms with E-state index < -0.39 is 27.5 Å². The maximum atomic E-state index is 13.1. The quantitative estimate of drug-likeness (QED) is 0.435. The highest BCUT2D eigenvalue weighted by atomic mass is 32.2. The fraction of sp³-hybridized carbons (Fsp3) is 0.261. The number of hydrogen-bond acceptors (Lipinski definition) is 7. The summed E-state index contributed by atoms with van der Waals surface area (Å²) in [6.07, 6.45) is 0. The normalized spacial score (nSPS) is 19.7. The van der Waals surface area contributed by atoms with Crippen LogP contribution in [-0.2, 0) is 26.9 Å². The van der Waals surface area contributed by atoms with Gasteiger partial charge in [-0.05, 0) is 49.4 Å². The number of carbonyl (C=O) groups excluding carboxylic acids is 3. The molecule has 0 bridgehead atoms. The van der Waals surface area contributed by atoms with Crippen LogP contribution in [0.3, 0.4) is 0 Å². The zero-order valence-electron chi connectivity index (χ0n) is 19.1. The molecule has 0 radical (unpaired) electrons. The average Bonchev–Trinajstić information content (AvgIpc) is 3.46. The fourth-order valence-corrected chi connectivity index (χ4v) is 5.49. The number of aryl methyl sites for hydroxylation is 1. The summed E-state index contributed by atoms with van der Waals surface area (Å²) in [5.74, 6) is -0.389. The zero-order chi connectivity index (χ0) is 25.1. The number of sulfonamides is 1. The minimum Gasteiger partial charge on any atom is -0.497 e. The van der Waals surface area contributed by atoms with Crippen molar-refractivity contribution in [3.05, 3.63) is 58.8 Å². The van der Waals surface area contributed by atoms with Gasteiger partial charge in [0, 0.05) is 23.6 Å². The largest absolute Gasteiger partial charge is 0.497 e. The molecule has 3 N–H and O–H groups in total. The van der Waals surface area contributed by atoms with Crippen molar-refractivity contribution in [3.8, 4) is 5.75 Å². The van der Waals surface area contributed by atoms with Crippen LogP contribution >= 0.6 is 0 Å². The Morgan fingerprint density at radius 1 is 1.17 bits per heavy atom. The average molecular weight is 499 g/mol. The van der Waals surface area contributed by atoms with Crippen molar-refractivity contribution in [2.45, 2.75) is 23.9 Å². The van der Waals surface area contributed by atoms with Crippen molar-refractivity contribution in [2.75, 3.05) is 20.7 Å². The van der Waals surface area contributed by atoms with E-state index in [4.69, 9.17) is 9.15 Å². The van der Waals surface area contributed by atoms with Gasteiger partial charge >= 0.3 is 6.03 Å². The van der Waals surface area contributed by atoms with Crippen LogP contribution in [0.25, 0.3) is 11.0 Å². The smallest absolute Gasteiger partial charge is 0.322 e. The summed E-state index contributed by atoms with van der Waals surface area (Å²) in [5, 5.41) is 5.38. The molecule has 0 unspecified atom stereocenters. The van der Waals surface area contributed by atoms with E-state index in [2.05, 4.69) is 15.4 Å². The van der Waals surface area contributed by atoms with Gasteiger partial charge in [0.25, 0.3) is 11.8 Å². The first-order valence-electron chi connectivity index (χ1n) is 10.7. The molecule has 5 rings (SSSR count). The summed E-state index contributed by atoms with van der Waals surface area (Å²) < 4.78 is 38.2. The van der Waals surface area contributed by atoms with E-state index in [-0.39, 0.29) is 35.2 Å². The summed E-state index contributed by atoms with van der Waals surface area (Å²) in [5.41, 5.74) is 0.207. The van der Waals surface area contributed by atoms with E-state index in [0.29, 0.717) is 22.3 Å². The molecule has 0 saturated carbocycles. The Labute approximate surface area is 200 Å². The zero-order valence-corrected chi connectivity index (χ0v) is 19.9. The highest BCUT2D eigenvalue weighted by Crippen LogP contribution is 2.36. The molecule has 4 amide bonds. The van der Waals surface area contributed by atoms with E-state index in [9.17, 15) is 22.8 Å². The number of furan rings is 1. The van der Waals surface area contributed by atoms with E-state index in [1.807, 2.05) is 0 Å². The summed E-state index contributed by atoms with van der Waals surface area (Å²) in [7, 11) is -0.940. The Bertz CT molecular complexity index is 1530. The summed E-state index contributed by atoms with van der Waals surface area (Å²) in [6.45, 7) is 1.68. The van der Waals surface area contributed by atoms with E-state index in [1.165, 1.54) is 25.1 Å². The predicted molar refractivity (Wildman–Crippen MR) is 123 cm³/mol. The number of nitrogens with zero attached hydrogens (tertiary/aromatic N) is 1. The maximum Gasteiger partial charge on any atom is 0.322 e. The van der Waals surface area contributed by atoms with Gasteiger partial charge in [0.1, 0.15) is 17.1 Å². The number of carbonyl (C=O) groups is 3. The van der Waals surface area contributed by atoms with Crippen LogP contribution in [0.4, 0.5) is 4.79 Å². The molecule has 1 saturated heterocycles. The van der Waals surface area contributed by atoms with E-state index in [0.717, 1.165) is 5.56 Å². The van der Waals surface area contributed by atoms with Gasteiger partial charge in [0.15, 0.2) is 5.54 Å². The maximum absolute atomic E-state index is 13.1. The topological polar surface area (TPSA) is 147 Å². The third-order valence-corrected chi connectivity index (χ3v) is 7.91. The lowest BCUT2D eigenvalue weighted by Gasteiger charge is -2.29. The van der Waals surface area contributed by atoms with Gasteiger partial charge in [-0.2, -0.15) is 0 Å². The van der Waals surface area contributed by atoms with Gasteiger partial charge in [0.05, 0.1) is 18.6 Å². The molecule has 35 heavy (non-hydrogen) atoms. The van der Waals surface area contributed by atoms with Crippen LogP contribution in [0.5, 0.6) is 5.75 Å². The second kappa shape index (κ2) is 7.82. The molecule has 3 aromatic rings. The van der Waals surface area contributed by atoms with Crippen molar-refractivity contribution in [1.82, 2.24) is 20.3 Å². The molecule has 2 aliphatic heterocycles. The third kappa shape index (κ3) is 3.53. The Morgan fingerprint density at radius 2 is 1.94 bits per heavy atom. The molecular weight excluding hydrogens is 476 g/mol. The lowest BCUT2D eigenvalue weighted by Crippen LogP contribution is -2.52. The van der Waals surface area contributed by atoms with Gasteiger partial charge in [-0.25, -0.2) is 17.9 Å². The monoisotopic (exact) mass is 498 g/mol. The van der Waals surface area contributed by atoms with Crippen LogP contribution in [0.1, 0.15) is 27.2 Å². The third-order valence-electron chi connectivity index (χ3n) is 6.36. The van der Waals surface area contributed by atoms with Gasteiger partial charge in [-0.3, -0.25) is 14.9 Å². The first-order chi connectivity index (χ1) is 16.6. The Kier molecular flexibility index (Phi) is 5.11. The van der Waals surface area contributed by atoms with Crippen LogP contribution in [0.15, 0.2) is 45.7 Å². The van der Waals surface area contributed by atoms with E-state index in [1.54, 1.807) is 37.3 Å². The highest BCUT2D eigenvalue weighted by Gasteiger charge is 2.53. The minimum atomic E-state index is -3.75. The molecule has 1 fully saturated rings. The number of methoxy groups -OCH3 is 1. The number of fused-ring (bicyclic) bond motifs is 2.